The van der Waals surface area contributed by atoms with Crippen molar-refractivity contribution in [2.24, 2.45) is 0 Å². The summed E-state index contributed by atoms with van der Waals surface area (Å²) in [5, 5.41) is 0. The first-order valence-electron chi connectivity index (χ1n) is 4.21. The molecule has 0 aromatic heterocycles. The third-order valence-corrected chi connectivity index (χ3v) is 1.84. The second kappa shape index (κ2) is 4.61. The summed E-state index contributed by atoms with van der Waals surface area (Å²) in [6.07, 6.45) is 1.18. The zero-order chi connectivity index (χ0) is 9.68. The fraction of sp³-hybridized carbons (Fsp3) is 0.167. The molecule has 0 bridgehead atoms. The molecule has 0 atom stereocenters. The van der Waals surface area contributed by atoms with Crippen molar-refractivity contribution in [3.05, 3.63) is 55.0 Å². The molecule has 0 saturated carbocycles. The maximum atomic E-state index is 11.1. The van der Waals surface area contributed by atoms with Crippen molar-refractivity contribution >= 4 is 5.78 Å². The van der Waals surface area contributed by atoms with Crippen molar-refractivity contribution in [3.8, 4) is 0 Å². The smallest absolute Gasteiger partial charge is 0.159 e. The third kappa shape index (κ3) is 3.24. The van der Waals surface area contributed by atoms with Gasteiger partial charge in [0, 0.05) is 6.42 Å². The molecule has 66 valence electrons. The fourth-order valence-corrected chi connectivity index (χ4v) is 1.06. The molecule has 1 rings (SSSR count). The second-order valence-corrected chi connectivity index (χ2v) is 2.93. The summed E-state index contributed by atoms with van der Waals surface area (Å²) in [4.78, 5) is 11.1. The van der Waals surface area contributed by atoms with Crippen LogP contribution in [0.1, 0.15) is 12.0 Å². The van der Waals surface area contributed by atoms with E-state index in [4.69, 9.17) is 6.58 Å². The first-order chi connectivity index (χ1) is 6.20. The van der Waals surface area contributed by atoms with Crippen LogP contribution in [0.25, 0.3) is 0 Å². The average molecular weight is 172 g/mol. The quantitative estimate of drug-likeness (QED) is 0.637. The average Bonchev–Trinajstić information content (AvgIpc) is 2.15. The van der Waals surface area contributed by atoms with Crippen LogP contribution in [0.15, 0.2) is 35.9 Å². The van der Waals surface area contributed by atoms with Crippen LogP contribution in [-0.2, 0) is 11.2 Å². The van der Waals surface area contributed by atoms with Gasteiger partial charge in [0.15, 0.2) is 5.78 Å². The van der Waals surface area contributed by atoms with Gasteiger partial charge in [0.05, 0.1) is 0 Å². The van der Waals surface area contributed by atoms with Gasteiger partial charge in [-0.05, 0) is 24.5 Å². The lowest BCUT2D eigenvalue weighted by Crippen LogP contribution is -2.00. The minimum Gasteiger partial charge on any atom is -0.295 e. The number of allylic oxidation sites excluding steroid dienone is 1. The molecule has 0 fully saturated rings. The molecule has 0 N–H and O–H groups in total. The summed E-state index contributed by atoms with van der Waals surface area (Å²) in [5.74, 6) is -0.0659. The normalized spacial score (nSPS) is 9.62. The van der Waals surface area contributed by atoms with Crippen LogP contribution >= 0.6 is 0 Å². The van der Waals surface area contributed by atoms with Crippen LogP contribution in [0.2, 0.25) is 0 Å². The van der Waals surface area contributed by atoms with Gasteiger partial charge in [0.25, 0.3) is 0 Å². The van der Waals surface area contributed by atoms with E-state index in [1.54, 1.807) is 0 Å². The standard InChI is InChI=1S/C12H12O/c1-10(2)12(13)9-8-11-6-4-3-5-7-11/h1,3-7H,2,8-9H2. The number of benzene rings is 1. The van der Waals surface area contributed by atoms with E-state index in [0.717, 1.165) is 12.0 Å². The summed E-state index contributed by atoms with van der Waals surface area (Å²) in [7, 11) is 0. The minimum absolute atomic E-state index is 0.0659. The Morgan fingerprint density at radius 2 is 1.92 bits per heavy atom. The number of carbonyl (C=O) groups is 1. The monoisotopic (exact) mass is 172 g/mol. The fourth-order valence-electron chi connectivity index (χ4n) is 1.06. The largest absolute Gasteiger partial charge is 0.295 e. The Kier molecular flexibility index (Phi) is 3.44. The lowest BCUT2D eigenvalue weighted by atomic mass is 10.1. The molecule has 0 aliphatic carbocycles. The van der Waals surface area contributed by atoms with Gasteiger partial charge in [-0.15, -0.1) is 0 Å². The molecule has 0 amide bonds. The number of hydrogen-bond donors (Lipinski definition) is 0. The minimum atomic E-state index is -0.0659. The first kappa shape index (κ1) is 9.72. The van der Waals surface area contributed by atoms with Crippen molar-refractivity contribution in [3.63, 3.8) is 0 Å². The van der Waals surface area contributed by atoms with Crippen molar-refractivity contribution in [2.45, 2.75) is 12.8 Å². The summed E-state index contributed by atoms with van der Waals surface area (Å²) < 4.78 is 0. The molecule has 13 heavy (non-hydrogen) atoms. The Morgan fingerprint density at radius 1 is 1.31 bits per heavy atom. The Hall–Kier alpha value is -1.37. The van der Waals surface area contributed by atoms with Crippen molar-refractivity contribution in [1.82, 2.24) is 0 Å². The van der Waals surface area contributed by atoms with E-state index in [2.05, 4.69) is 6.92 Å². The van der Waals surface area contributed by atoms with E-state index in [-0.39, 0.29) is 11.4 Å². The Morgan fingerprint density at radius 3 is 2.46 bits per heavy atom. The molecular formula is C12H12O. The molecule has 0 unspecified atom stereocenters. The molecule has 1 aromatic carbocycles. The molecule has 0 heterocycles. The number of hydrogen-bond acceptors (Lipinski definition) is 1. The van der Waals surface area contributed by atoms with Gasteiger partial charge >= 0.3 is 0 Å². The van der Waals surface area contributed by atoms with Crippen LogP contribution in [-0.4, -0.2) is 5.78 Å². The molecule has 1 heteroatoms. The third-order valence-electron chi connectivity index (χ3n) is 1.84. The van der Waals surface area contributed by atoms with Gasteiger partial charge in [-0.3, -0.25) is 4.79 Å². The molecule has 0 saturated heterocycles. The lowest BCUT2D eigenvalue weighted by molar-refractivity contribution is -0.115. The van der Waals surface area contributed by atoms with E-state index < -0.39 is 0 Å². The molecule has 2 radical (unpaired) electrons. The van der Waals surface area contributed by atoms with E-state index in [1.165, 1.54) is 0 Å². The number of aryl methyl sites for hydroxylation is 1. The summed E-state index contributed by atoms with van der Waals surface area (Å²) in [6.45, 7) is 8.65. The maximum absolute atomic E-state index is 11.1. The van der Waals surface area contributed by atoms with Crippen LogP contribution in [0, 0.1) is 13.5 Å². The Bertz CT molecular complexity index is 298. The van der Waals surface area contributed by atoms with Gasteiger partial charge in [-0.25, -0.2) is 0 Å². The predicted molar refractivity (Wildman–Crippen MR) is 52.9 cm³/mol. The molecular weight excluding hydrogens is 160 g/mol. The highest BCUT2D eigenvalue weighted by Gasteiger charge is 2.02. The van der Waals surface area contributed by atoms with Crippen LogP contribution in [0.4, 0.5) is 0 Å². The summed E-state index contributed by atoms with van der Waals surface area (Å²) in [5.41, 5.74) is 1.30. The van der Waals surface area contributed by atoms with Gasteiger partial charge in [0.2, 0.25) is 0 Å². The van der Waals surface area contributed by atoms with E-state index in [9.17, 15) is 4.79 Å². The second-order valence-electron chi connectivity index (χ2n) is 2.93. The van der Waals surface area contributed by atoms with Crippen LogP contribution in [0.5, 0.6) is 0 Å². The van der Waals surface area contributed by atoms with Crippen molar-refractivity contribution in [2.75, 3.05) is 0 Å². The van der Waals surface area contributed by atoms with Crippen LogP contribution in [0.3, 0.4) is 0 Å². The predicted octanol–water partition coefficient (Wildman–Crippen LogP) is 2.38. The molecule has 0 spiro atoms. The van der Waals surface area contributed by atoms with E-state index in [0.29, 0.717) is 6.42 Å². The molecule has 1 aromatic rings. The highest BCUT2D eigenvalue weighted by molar-refractivity contribution is 5.95. The lowest BCUT2D eigenvalue weighted by Gasteiger charge is -1.99. The van der Waals surface area contributed by atoms with Crippen molar-refractivity contribution in [1.29, 1.82) is 0 Å². The highest BCUT2D eigenvalue weighted by Crippen LogP contribution is 2.04. The Labute approximate surface area is 79.1 Å². The summed E-state index contributed by atoms with van der Waals surface area (Å²) >= 11 is 0. The van der Waals surface area contributed by atoms with E-state index >= 15 is 0 Å². The Balaban J connectivity index is 2.44. The maximum Gasteiger partial charge on any atom is 0.159 e. The van der Waals surface area contributed by atoms with Gasteiger partial charge in [0.1, 0.15) is 0 Å². The molecule has 0 aliphatic rings. The van der Waals surface area contributed by atoms with E-state index in [1.807, 2.05) is 30.3 Å². The number of rotatable bonds is 4. The van der Waals surface area contributed by atoms with Crippen molar-refractivity contribution < 1.29 is 4.79 Å². The van der Waals surface area contributed by atoms with Gasteiger partial charge in [-0.2, -0.15) is 0 Å². The zero-order valence-electron chi connectivity index (χ0n) is 7.49. The van der Waals surface area contributed by atoms with Gasteiger partial charge in [-0.1, -0.05) is 36.9 Å². The SMILES string of the molecule is [CH]=C([CH2])C(=O)CCc1ccccc1. The zero-order valence-corrected chi connectivity index (χ0v) is 7.49. The first-order valence-corrected chi connectivity index (χ1v) is 4.21. The number of ketones is 1. The van der Waals surface area contributed by atoms with Crippen LogP contribution < -0.4 is 0 Å². The summed E-state index contributed by atoms with van der Waals surface area (Å²) in [6, 6.07) is 9.85. The topological polar surface area (TPSA) is 17.1 Å². The number of carbonyl (C=O) groups excluding carboxylic acids is 1. The molecule has 0 aliphatic heterocycles. The van der Waals surface area contributed by atoms with Gasteiger partial charge < -0.3 is 0 Å². The molecule has 1 nitrogen and oxygen atoms in total. The highest BCUT2D eigenvalue weighted by atomic mass is 16.1. The number of Topliss-reactive ketones (excluding diaryl/α,β-unsaturated/α-hetero) is 1.